The molecule has 1 fully saturated rings. The predicted octanol–water partition coefficient (Wildman–Crippen LogP) is 1.49. The van der Waals surface area contributed by atoms with Crippen molar-refractivity contribution in [1.29, 1.82) is 0 Å². The summed E-state index contributed by atoms with van der Waals surface area (Å²) in [7, 11) is 0. The zero-order chi connectivity index (χ0) is 11.7. The summed E-state index contributed by atoms with van der Waals surface area (Å²) >= 11 is 0. The zero-order valence-corrected chi connectivity index (χ0v) is 9.41. The Kier molecular flexibility index (Phi) is 2.53. The van der Waals surface area contributed by atoms with Crippen molar-refractivity contribution in [3.63, 3.8) is 0 Å². The number of rotatable bonds is 2. The van der Waals surface area contributed by atoms with E-state index in [1.165, 1.54) is 0 Å². The summed E-state index contributed by atoms with van der Waals surface area (Å²) < 4.78 is 7.56. The highest BCUT2D eigenvalue weighted by atomic mass is 16.5. The minimum atomic E-state index is 0.380. The maximum absolute atomic E-state index is 5.59. The van der Waals surface area contributed by atoms with E-state index in [2.05, 4.69) is 14.5 Å². The lowest BCUT2D eigenvalue weighted by Crippen LogP contribution is -2.08. The Balaban J connectivity index is 1.97. The molecule has 17 heavy (non-hydrogen) atoms. The van der Waals surface area contributed by atoms with Gasteiger partial charge < -0.3 is 15.0 Å². The molecule has 1 aliphatic heterocycles. The molecule has 0 amide bonds. The van der Waals surface area contributed by atoms with E-state index in [0.717, 1.165) is 30.9 Å². The first-order chi connectivity index (χ1) is 8.34. The SMILES string of the molecule is Nc1ccc(-c2cncn2C2CCOC2)cn1. The number of nitrogens with zero attached hydrogens (tertiary/aromatic N) is 3. The summed E-state index contributed by atoms with van der Waals surface area (Å²) in [5.74, 6) is 0.531. The molecule has 0 bridgehead atoms. The summed E-state index contributed by atoms with van der Waals surface area (Å²) in [5.41, 5.74) is 7.68. The Bertz CT molecular complexity index is 499. The molecule has 0 spiro atoms. The third-order valence-electron chi connectivity index (χ3n) is 3.05. The maximum Gasteiger partial charge on any atom is 0.123 e. The van der Waals surface area contributed by atoms with Crippen LogP contribution in [0.25, 0.3) is 11.3 Å². The number of nitrogen functional groups attached to an aromatic ring is 1. The van der Waals surface area contributed by atoms with Gasteiger partial charge in [-0.05, 0) is 18.6 Å². The third kappa shape index (κ3) is 1.89. The molecule has 1 aliphatic rings. The highest BCUT2D eigenvalue weighted by Crippen LogP contribution is 2.26. The highest BCUT2D eigenvalue weighted by Gasteiger charge is 2.20. The fourth-order valence-corrected chi connectivity index (χ4v) is 2.12. The molecule has 2 aromatic heterocycles. The van der Waals surface area contributed by atoms with Crippen molar-refractivity contribution in [2.75, 3.05) is 18.9 Å². The van der Waals surface area contributed by atoms with Crippen LogP contribution in [0.15, 0.2) is 30.9 Å². The standard InChI is InChI=1S/C12H14N4O/c13-12-2-1-9(5-15-12)11-6-14-8-16(11)10-3-4-17-7-10/h1-2,5-6,8,10H,3-4,7H2,(H2,13,15). The molecule has 3 rings (SSSR count). The van der Waals surface area contributed by atoms with Crippen LogP contribution >= 0.6 is 0 Å². The molecule has 0 aromatic carbocycles. The van der Waals surface area contributed by atoms with Crippen LogP contribution in [0.3, 0.4) is 0 Å². The van der Waals surface area contributed by atoms with Crippen molar-refractivity contribution in [2.24, 2.45) is 0 Å². The van der Waals surface area contributed by atoms with Crippen molar-refractivity contribution in [1.82, 2.24) is 14.5 Å². The largest absolute Gasteiger partial charge is 0.384 e. The van der Waals surface area contributed by atoms with Crippen LogP contribution in [0, 0.1) is 0 Å². The molecule has 2 N–H and O–H groups in total. The van der Waals surface area contributed by atoms with Crippen LogP contribution in [0.2, 0.25) is 0 Å². The summed E-state index contributed by atoms with van der Waals surface area (Å²) in [6.45, 7) is 1.58. The average molecular weight is 230 g/mol. The summed E-state index contributed by atoms with van der Waals surface area (Å²) in [4.78, 5) is 8.32. The first-order valence-corrected chi connectivity index (χ1v) is 5.66. The molecular weight excluding hydrogens is 216 g/mol. The summed E-state index contributed by atoms with van der Waals surface area (Å²) in [6, 6.07) is 4.15. The van der Waals surface area contributed by atoms with E-state index in [4.69, 9.17) is 10.5 Å². The minimum absolute atomic E-state index is 0.380. The number of nitrogens with two attached hydrogens (primary N) is 1. The Hall–Kier alpha value is -1.88. The van der Waals surface area contributed by atoms with Crippen LogP contribution < -0.4 is 5.73 Å². The van der Waals surface area contributed by atoms with Crippen molar-refractivity contribution < 1.29 is 4.74 Å². The average Bonchev–Trinajstić information content (AvgIpc) is 3.00. The van der Waals surface area contributed by atoms with Gasteiger partial charge in [-0.2, -0.15) is 0 Å². The lowest BCUT2D eigenvalue weighted by molar-refractivity contribution is 0.187. The molecule has 88 valence electrons. The van der Waals surface area contributed by atoms with Gasteiger partial charge in [0.1, 0.15) is 5.82 Å². The van der Waals surface area contributed by atoms with Crippen LogP contribution in [-0.4, -0.2) is 27.7 Å². The van der Waals surface area contributed by atoms with Crippen molar-refractivity contribution >= 4 is 5.82 Å². The summed E-state index contributed by atoms with van der Waals surface area (Å²) in [6.07, 6.45) is 6.51. The molecule has 1 unspecified atom stereocenters. The fraction of sp³-hybridized carbons (Fsp3) is 0.333. The van der Waals surface area contributed by atoms with Gasteiger partial charge in [0.25, 0.3) is 0 Å². The van der Waals surface area contributed by atoms with E-state index in [1.54, 1.807) is 12.3 Å². The predicted molar refractivity (Wildman–Crippen MR) is 64.3 cm³/mol. The molecule has 0 radical (unpaired) electrons. The first-order valence-electron chi connectivity index (χ1n) is 5.66. The Morgan fingerprint density at radius 3 is 3.00 bits per heavy atom. The van der Waals surface area contributed by atoms with Gasteiger partial charge >= 0.3 is 0 Å². The second-order valence-electron chi connectivity index (χ2n) is 4.18. The van der Waals surface area contributed by atoms with Crippen LogP contribution in [0.4, 0.5) is 5.82 Å². The van der Waals surface area contributed by atoms with Gasteiger partial charge in [0.05, 0.1) is 30.9 Å². The molecule has 3 heterocycles. The van der Waals surface area contributed by atoms with E-state index in [-0.39, 0.29) is 0 Å². The van der Waals surface area contributed by atoms with E-state index in [9.17, 15) is 0 Å². The summed E-state index contributed by atoms with van der Waals surface area (Å²) in [5, 5.41) is 0. The Morgan fingerprint density at radius 2 is 2.29 bits per heavy atom. The molecule has 0 aliphatic carbocycles. The molecule has 0 saturated carbocycles. The van der Waals surface area contributed by atoms with E-state index in [0.29, 0.717) is 11.9 Å². The van der Waals surface area contributed by atoms with Crippen molar-refractivity contribution in [3.8, 4) is 11.3 Å². The fourth-order valence-electron chi connectivity index (χ4n) is 2.12. The van der Waals surface area contributed by atoms with E-state index < -0.39 is 0 Å². The van der Waals surface area contributed by atoms with Crippen LogP contribution in [-0.2, 0) is 4.74 Å². The second kappa shape index (κ2) is 4.18. The maximum atomic E-state index is 5.59. The van der Waals surface area contributed by atoms with Crippen molar-refractivity contribution in [2.45, 2.75) is 12.5 Å². The number of imidazole rings is 1. The van der Waals surface area contributed by atoms with Gasteiger partial charge in [-0.3, -0.25) is 0 Å². The van der Waals surface area contributed by atoms with Crippen LogP contribution in [0.1, 0.15) is 12.5 Å². The monoisotopic (exact) mass is 230 g/mol. The number of hydrogen-bond donors (Lipinski definition) is 1. The number of pyridine rings is 1. The highest BCUT2D eigenvalue weighted by molar-refractivity contribution is 5.59. The van der Waals surface area contributed by atoms with Crippen molar-refractivity contribution in [3.05, 3.63) is 30.9 Å². The number of aromatic nitrogens is 3. The molecular formula is C12H14N4O. The normalized spacial score (nSPS) is 19.6. The number of anilines is 1. The number of hydrogen-bond acceptors (Lipinski definition) is 4. The quantitative estimate of drug-likeness (QED) is 0.848. The van der Waals surface area contributed by atoms with E-state index in [1.807, 2.05) is 18.6 Å². The minimum Gasteiger partial charge on any atom is -0.384 e. The first kappa shape index (κ1) is 10.3. The second-order valence-corrected chi connectivity index (χ2v) is 4.18. The van der Waals surface area contributed by atoms with Gasteiger partial charge in [-0.25, -0.2) is 9.97 Å². The van der Waals surface area contributed by atoms with Gasteiger partial charge in [-0.1, -0.05) is 0 Å². The third-order valence-corrected chi connectivity index (χ3v) is 3.05. The smallest absolute Gasteiger partial charge is 0.123 e. The van der Waals surface area contributed by atoms with Crippen LogP contribution in [0.5, 0.6) is 0 Å². The molecule has 1 atom stereocenters. The molecule has 5 nitrogen and oxygen atoms in total. The van der Waals surface area contributed by atoms with Gasteiger partial charge in [0, 0.05) is 18.4 Å². The lowest BCUT2D eigenvalue weighted by Gasteiger charge is -2.13. The van der Waals surface area contributed by atoms with Gasteiger partial charge in [0.15, 0.2) is 0 Å². The Morgan fingerprint density at radius 1 is 1.35 bits per heavy atom. The van der Waals surface area contributed by atoms with Gasteiger partial charge in [0.2, 0.25) is 0 Å². The number of ether oxygens (including phenoxy) is 1. The molecule has 1 saturated heterocycles. The van der Waals surface area contributed by atoms with Gasteiger partial charge in [-0.15, -0.1) is 0 Å². The lowest BCUT2D eigenvalue weighted by atomic mass is 10.2. The Labute approximate surface area is 99.3 Å². The van der Waals surface area contributed by atoms with E-state index >= 15 is 0 Å². The zero-order valence-electron chi connectivity index (χ0n) is 9.41. The molecule has 5 heteroatoms. The topological polar surface area (TPSA) is 66.0 Å². The molecule has 2 aromatic rings.